The number of rotatable bonds is 9. The van der Waals surface area contributed by atoms with Crippen molar-refractivity contribution in [3.8, 4) is 17.5 Å². The Morgan fingerprint density at radius 1 is 1.15 bits per heavy atom. The molecule has 1 saturated heterocycles. The molecule has 0 unspecified atom stereocenters. The first-order chi connectivity index (χ1) is 23.1. The fourth-order valence-electron chi connectivity index (χ4n) is 5.47. The maximum Gasteiger partial charge on any atom is 0.405 e. The Kier molecular flexibility index (Phi) is 9.01. The average molecular weight is 648 g/mol. The number of hydrogen-bond acceptors (Lipinski definition) is 14. The van der Waals surface area contributed by atoms with Gasteiger partial charge in [-0.15, -0.1) is 5.10 Å². The minimum Gasteiger partial charge on any atom is -0.367 e. The van der Waals surface area contributed by atoms with Gasteiger partial charge in [-0.2, -0.15) is 10.4 Å². The summed E-state index contributed by atoms with van der Waals surface area (Å²) in [5.41, 5.74) is 3.74. The summed E-state index contributed by atoms with van der Waals surface area (Å²) >= 11 is 0. The van der Waals surface area contributed by atoms with Crippen molar-refractivity contribution in [3.05, 3.63) is 90.3 Å². The number of fused-ring (bicyclic) bond motifs is 1. The van der Waals surface area contributed by atoms with E-state index in [9.17, 15) is 15.3 Å². The van der Waals surface area contributed by atoms with Crippen molar-refractivity contribution in [2.45, 2.75) is 38.4 Å². The predicted molar refractivity (Wildman–Crippen MR) is 178 cm³/mol. The maximum atomic E-state index is 9.46. The van der Waals surface area contributed by atoms with Crippen LogP contribution in [0.5, 0.6) is 0 Å². The second kappa shape index (κ2) is 13.5. The third-order valence-electron chi connectivity index (χ3n) is 7.90. The predicted octanol–water partition coefficient (Wildman–Crippen LogP) is 2.65. The number of nitrogens with one attached hydrogen (secondary N) is 3. The summed E-state index contributed by atoms with van der Waals surface area (Å²) in [7, 11) is 0. The third-order valence-corrected chi connectivity index (χ3v) is 7.90. The molecule has 244 valence electrons. The number of amidine groups is 1. The van der Waals surface area contributed by atoms with Crippen molar-refractivity contribution in [2.24, 2.45) is 4.99 Å². The highest BCUT2D eigenvalue weighted by molar-refractivity contribution is 6.04. The Bertz CT molecular complexity index is 1930. The van der Waals surface area contributed by atoms with Crippen LogP contribution < -0.4 is 15.5 Å². The van der Waals surface area contributed by atoms with E-state index in [2.05, 4.69) is 59.4 Å². The van der Waals surface area contributed by atoms with Gasteiger partial charge in [-0.1, -0.05) is 29.6 Å². The summed E-state index contributed by atoms with van der Waals surface area (Å²) in [6.07, 6.45) is 4.42. The topological polar surface area (TPSA) is 221 Å². The van der Waals surface area contributed by atoms with E-state index in [0.29, 0.717) is 39.2 Å². The third kappa shape index (κ3) is 6.94. The maximum absolute atomic E-state index is 9.46. The van der Waals surface area contributed by atoms with Crippen LogP contribution in [0.25, 0.3) is 11.4 Å². The summed E-state index contributed by atoms with van der Waals surface area (Å²) in [5, 5.41) is 60.4. The Balaban J connectivity index is 1.21. The Labute approximate surface area is 275 Å². The molecule has 1 fully saturated rings. The number of aliphatic imine (C=N–C) groups is 1. The van der Waals surface area contributed by atoms with Gasteiger partial charge in [0, 0.05) is 49.3 Å². The molecule has 16 heteroatoms. The molecule has 6 N–H and O–H groups in total. The molecule has 1 aromatic carbocycles. The molecule has 3 aromatic heterocycles. The van der Waals surface area contributed by atoms with Crippen LogP contribution in [-0.2, 0) is 12.6 Å². The number of benzene rings is 1. The number of nitriles is 1. The standard InChI is InChI=1S/C32H33N13O3/c1-3-13-36-29(34)20(2)30-40-25-9-8-24(26-18-37-45(42-26)32(46,47)48)39-31(25)44(30)23-6-4-21(5-7-23)19-43-15-11-22(12-16-43)38-27-10-14-35-28(17-33)41-27/h3-10,13-14,18,22,34,40,46-48H,1,11-12,15-16,19H2,2H3,(H,35,38,41)/b30-20+,34-29?,36-13?. The van der Waals surface area contributed by atoms with Gasteiger partial charge in [0.2, 0.25) is 5.82 Å². The highest BCUT2D eigenvalue weighted by Crippen LogP contribution is 2.42. The second-order valence-electron chi connectivity index (χ2n) is 11.2. The van der Waals surface area contributed by atoms with Gasteiger partial charge in [0.15, 0.2) is 11.7 Å². The molecule has 4 aromatic rings. The molecule has 0 saturated carbocycles. The Morgan fingerprint density at radius 3 is 2.60 bits per heavy atom. The fourth-order valence-corrected chi connectivity index (χ4v) is 5.47. The van der Waals surface area contributed by atoms with E-state index in [4.69, 9.17) is 15.7 Å². The van der Waals surface area contributed by atoms with Crippen molar-refractivity contribution < 1.29 is 15.3 Å². The van der Waals surface area contributed by atoms with Crippen LogP contribution in [-0.4, -0.2) is 81.3 Å². The van der Waals surface area contributed by atoms with Crippen molar-refractivity contribution >= 4 is 35.1 Å². The summed E-state index contributed by atoms with van der Waals surface area (Å²) in [6, 6.07) is 15.6. The number of pyridine rings is 1. The minimum absolute atomic E-state index is 0.0447. The van der Waals surface area contributed by atoms with E-state index in [0.717, 1.165) is 43.7 Å². The number of aromatic nitrogens is 6. The molecule has 5 heterocycles. The van der Waals surface area contributed by atoms with Gasteiger partial charge >= 0.3 is 6.10 Å². The highest BCUT2D eigenvalue weighted by Gasteiger charge is 2.31. The first kappa shape index (κ1) is 32.1. The molecule has 0 radical (unpaired) electrons. The Morgan fingerprint density at radius 2 is 1.92 bits per heavy atom. The molecule has 6 rings (SSSR count). The van der Waals surface area contributed by atoms with E-state index < -0.39 is 6.10 Å². The number of piperidine rings is 1. The molecule has 0 atom stereocenters. The molecule has 16 nitrogen and oxygen atoms in total. The zero-order valence-corrected chi connectivity index (χ0v) is 26.0. The zero-order valence-electron chi connectivity index (χ0n) is 26.0. The van der Waals surface area contributed by atoms with Gasteiger partial charge in [-0.05, 0) is 55.7 Å². The molecular formula is C32H33N13O3. The molecule has 0 bridgehead atoms. The quantitative estimate of drug-likeness (QED) is 0.0875. The molecule has 48 heavy (non-hydrogen) atoms. The van der Waals surface area contributed by atoms with Gasteiger partial charge in [0.25, 0.3) is 0 Å². The summed E-state index contributed by atoms with van der Waals surface area (Å²) in [4.78, 5) is 21.8. The molecule has 0 amide bonds. The van der Waals surface area contributed by atoms with Crippen LogP contribution in [0.1, 0.15) is 31.2 Å². The van der Waals surface area contributed by atoms with Crippen molar-refractivity contribution in [2.75, 3.05) is 28.6 Å². The van der Waals surface area contributed by atoms with E-state index >= 15 is 0 Å². The summed E-state index contributed by atoms with van der Waals surface area (Å²) < 4.78 is 0. The van der Waals surface area contributed by atoms with Crippen molar-refractivity contribution in [1.29, 1.82) is 10.7 Å². The van der Waals surface area contributed by atoms with Crippen molar-refractivity contribution in [3.63, 3.8) is 0 Å². The molecule has 2 aliphatic rings. The number of nitrogens with zero attached hydrogens (tertiary/aromatic N) is 10. The first-order valence-electron chi connectivity index (χ1n) is 15.1. The van der Waals surface area contributed by atoms with Crippen LogP contribution >= 0.6 is 0 Å². The fraction of sp³-hybridized carbons (Fsp3) is 0.250. The van der Waals surface area contributed by atoms with Gasteiger partial charge < -0.3 is 26.0 Å². The van der Waals surface area contributed by atoms with Crippen LogP contribution in [0.4, 0.5) is 23.0 Å². The van der Waals surface area contributed by atoms with E-state index in [1.54, 1.807) is 31.3 Å². The molecule has 0 spiro atoms. The monoisotopic (exact) mass is 647 g/mol. The molecular weight excluding hydrogens is 614 g/mol. The highest BCUT2D eigenvalue weighted by atomic mass is 16.7. The SMILES string of the molecule is C=CC=NC(=N)/C(C)=C1\Nc2ccc(-c3cnn(C(O)(O)O)n3)nc2N1c1ccc(CN2CCC(Nc3ccnc(C#N)n3)CC2)cc1. The lowest BCUT2D eigenvalue weighted by molar-refractivity contribution is -0.386. The summed E-state index contributed by atoms with van der Waals surface area (Å²) in [6.45, 7) is 8.01. The number of allylic oxidation sites excluding steroid dienone is 1. The largest absolute Gasteiger partial charge is 0.405 e. The van der Waals surface area contributed by atoms with E-state index in [-0.39, 0.29) is 23.4 Å². The van der Waals surface area contributed by atoms with Gasteiger partial charge in [0.1, 0.15) is 23.4 Å². The summed E-state index contributed by atoms with van der Waals surface area (Å²) in [5.74, 6) is 1.97. The van der Waals surface area contributed by atoms with Gasteiger partial charge in [-0.3, -0.25) is 15.2 Å². The smallest absolute Gasteiger partial charge is 0.367 e. The lowest BCUT2D eigenvalue weighted by atomic mass is 10.0. The van der Waals surface area contributed by atoms with E-state index in [1.807, 2.05) is 23.1 Å². The second-order valence-corrected chi connectivity index (χ2v) is 11.2. The van der Waals surface area contributed by atoms with Crippen molar-refractivity contribution in [1.82, 2.24) is 34.8 Å². The van der Waals surface area contributed by atoms with Gasteiger partial charge in [0.05, 0.1) is 17.6 Å². The first-order valence-corrected chi connectivity index (χ1v) is 15.1. The lowest BCUT2D eigenvalue weighted by Gasteiger charge is -2.32. The van der Waals surface area contributed by atoms with Gasteiger partial charge in [-0.25, -0.2) is 19.9 Å². The lowest BCUT2D eigenvalue weighted by Crippen LogP contribution is -2.38. The number of aliphatic hydroxyl groups is 3. The average Bonchev–Trinajstić information content (AvgIpc) is 3.74. The number of anilines is 4. The minimum atomic E-state index is -3.25. The van der Waals surface area contributed by atoms with E-state index in [1.165, 1.54) is 18.5 Å². The van der Waals surface area contributed by atoms with Crippen LogP contribution in [0, 0.1) is 16.7 Å². The van der Waals surface area contributed by atoms with Crippen LogP contribution in [0.15, 0.2) is 83.9 Å². The Hall–Kier alpha value is -5.86. The zero-order chi connectivity index (χ0) is 33.8. The van der Waals surface area contributed by atoms with Crippen LogP contribution in [0.3, 0.4) is 0 Å². The molecule has 0 aliphatic carbocycles. The molecule has 2 aliphatic heterocycles. The number of hydrogen-bond donors (Lipinski definition) is 6. The normalized spacial score (nSPS) is 16.4. The van der Waals surface area contributed by atoms with Crippen LogP contribution in [0.2, 0.25) is 0 Å². The number of likely N-dealkylation sites (tertiary alicyclic amines) is 1.